The molecule has 2 N–H and O–H groups in total. The molecule has 0 aromatic heterocycles. The summed E-state index contributed by atoms with van der Waals surface area (Å²) in [5.74, 6) is 0.617. The van der Waals surface area contributed by atoms with Crippen LogP contribution in [0.3, 0.4) is 0 Å². The summed E-state index contributed by atoms with van der Waals surface area (Å²) in [4.78, 5) is 4.56. The normalized spacial score (nSPS) is 12.2. The molecule has 0 unspecified atom stereocenters. The van der Waals surface area contributed by atoms with Crippen molar-refractivity contribution in [3.8, 4) is 0 Å². The summed E-state index contributed by atoms with van der Waals surface area (Å²) in [5.41, 5.74) is 9.14. The van der Waals surface area contributed by atoms with Gasteiger partial charge in [-0.05, 0) is 36.9 Å². The third-order valence-corrected chi connectivity index (χ3v) is 2.50. The minimum atomic E-state index is 0.617. The van der Waals surface area contributed by atoms with Crippen molar-refractivity contribution < 1.29 is 0 Å². The van der Waals surface area contributed by atoms with E-state index in [0.29, 0.717) is 12.5 Å². The van der Waals surface area contributed by atoms with Crippen molar-refractivity contribution in [2.24, 2.45) is 16.6 Å². The molecule has 0 aliphatic rings. The van der Waals surface area contributed by atoms with Crippen LogP contribution < -0.4 is 5.73 Å². The van der Waals surface area contributed by atoms with Crippen molar-refractivity contribution in [2.75, 3.05) is 13.1 Å². The fraction of sp³-hybridized carbons (Fsp3) is 0.500. The van der Waals surface area contributed by atoms with E-state index >= 15 is 0 Å². The first-order valence-corrected chi connectivity index (χ1v) is 5.94. The fourth-order valence-corrected chi connectivity index (χ4v) is 1.49. The first-order valence-electron chi connectivity index (χ1n) is 5.94. The second-order valence-corrected chi connectivity index (χ2v) is 4.56. The Balaban J connectivity index is 2.69. The standard InChI is InChI=1S/C14H22N2/c1-11(2)10-16-12(3)14-6-4-13(5-7-14)8-9-15/h4-7,11H,8-10,15H2,1-3H3. The van der Waals surface area contributed by atoms with Crippen LogP contribution in [0.4, 0.5) is 0 Å². The summed E-state index contributed by atoms with van der Waals surface area (Å²) in [6, 6.07) is 8.53. The van der Waals surface area contributed by atoms with Crippen LogP contribution in [0.2, 0.25) is 0 Å². The lowest BCUT2D eigenvalue weighted by molar-refractivity contribution is 0.665. The van der Waals surface area contributed by atoms with Crippen molar-refractivity contribution in [1.82, 2.24) is 0 Å². The van der Waals surface area contributed by atoms with E-state index in [1.165, 1.54) is 11.1 Å². The van der Waals surface area contributed by atoms with Gasteiger partial charge >= 0.3 is 0 Å². The molecule has 0 saturated carbocycles. The topological polar surface area (TPSA) is 38.4 Å². The molecule has 0 aliphatic carbocycles. The molecule has 0 radical (unpaired) electrons. The van der Waals surface area contributed by atoms with Gasteiger partial charge in [0.05, 0.1) is 0 Å². The predicted octanol–water partition coefficient (Wildman–Crippen LogP) is 2.65. The molecule has 0 spiro atoms. The highest BCUT2D eigenvalue weighted by atomic mass is 14.7. The molecule has 0 atom stereocenters. The molecule has 0 heterocycles. The van der Waals surface area contributed by atoms with Crippen LogP contribution >= 0.6 is 0 Å². The van der Waals surface area contributed by atoms with Gasteiger partial charge in [0.1, 0.15) is 0 Å². The van der Waals surface area contributed by atoms with Crippen molar-refractivity contribution in [3.05, 3.63) is 35.4 Å². The summed E-state index contributed by atoms with van der Waals surface area (Å²) >= 11 is 0. The number of hydrogen-bond donors (Lipinski definition) is 1. The summed E-state index contributed by atoms with van der Waals surface area (Å²) < 4.78 is 0. The van der Waals surface area contributed by atoms with E-state index in [1.807, 2.05) is 0 Å². The highest BCUT2D eigenvalue weighted by molar-refractivity contribution is 5.98. The highest BCUT2D eigenvalue weighted by Gasteiger charge is 1.98. The van der Waals surface area contributed by atoms with Gasteiger partial charge in [0.15, 0.2) is 0 Å². The summed E-state index contributed by atoms with van der Waals surface area (Å²) in [6.45, 7) is 8.04. The zero-order valence-corrected chi connectivity index (χ0v) is 10.5. The zero-order valence-electron chi connectivity index (χ0n) is 10.5. The van der Waals surface area contributed by atoms with E-state index in [1.54, 1.807) is 0 Å². The molecule has 16 heavy (non-hydrogen) atoms. The Morgan fingerprint density at radius 2 is 1.88 bits per heavy atom. The molecule has 1 aromatic carbocycles. The van der Waals surface area contributed by atoms with E-state index in [9.17, 15) is 0 Å². The number of nitrogens with zero attached hydrogens (tertiary/aromatic N) is 1. The number of nitrogens with two attached hydrogens (primary N) is 1. The van der Waals surface area contributed by atoms with Crippen LogP contribution in [0.1, 0.15) is 31.9 Å². The molecule has 0 aliphatic heterocycles. The first-order chi connectivity index (χ1) is 7.63. The number of hydrogen-bond acceptors (Lipinski definition) is 2. The van der Waals surface area contributed by atoms with Crippen molar-refractivity contribution >= 4 is 5.71 Å². The third-order valence-electron chi connectivity index (χ3n) is 2.50. The Labute approximate surface area is 98.6 Å². The summed E-state index contributed by atoms with van der Waals surface area (Å²) in [7, 11) is 0. The summed E-state index contributed by atoms with van der Waals surface area (Å²) in [6.07, 6.45) is 0.947. The van der Waals surface area contributed by atoms with Crippen molar-refractivity contribution in [3.63, 3.8) is 0 Å². The largest absolute Gasteiger partial charge is 0.330 e. The second-order valence-electron chi connectivity index (χ2n) is 4.56. The maximum absolute atomic E-state index is 5.52. The monoisotopic (exact) mass is 218 g/mol. The van der Waals surface area contributed by atoms with E-state index < -0.39 is 0 Å². The van der Waals surface area contributed by atoms with Gasteiger partial charge in [-0.1, -0.05) is 38.1 Å². The molecule has 2 nitrogen and oxygen atoms in total. The Bertz CT molecular complexity index is 336. The minimum Gasteiger partial charge on any atom is -0.330 e. The van der Waals surface area contributed by atoms with E-state index in [4.69, 9.17) is 5.73 Å². The van der Waals surface area contributed by atoms with Gasteiger partial charge in [0.2, 0.25) is 0 Å². The minimum absolute atomic E-state index is 0.617. The van der Waals surface area contributed by atoms with E-state index in [-0.39, 0.29) is 0 Å². The molecule has 0 amide bonds. The molecule has 0 bridgehead atoms. The molecule has 0 saturated heterocycles. The van der Waals surface area contributed by atoms with Gasteiger partial charge in [-0.2, -0.15) is 0 Å². The van der Waals surface area contributed by atoms with Crippen LogP contribution in [0.5, 0.6) is 0 Å². The van der Waals surface area contributed by atoms with Gasteiger partial charge in [-0.3, -0.25) is 4.99 Å². The molecule has 1 aromatic rings. The maximum atomic E-state index is 5.52. The zero-order chi connectivity index (χ0) is 12.0. The van der Waals surface area contributed by atoms with Crippen LogP contribution in [0.15, 0.2) is 29.3 Å². The second kappa shape index (κ2) is 6.44. The Morgan fingerprint density at radius 1 is 1.25 bits per heavy atom. The SMILES string of the molecule is CC(=NCC(C)C)c1ccc(CCN)cc1. The summed E-state index contributed by atoms with van der Waals surface area (Å²) in [5, 5.41) is 0. The maximum Gasteiger partial charge on any atom is 0.0415 e. The van der Waals surface area contributed by atoms with Crippen LogP contribution in [-0.4, -0.2) is 18.8 Å². The lowest BCUT2D eigenvalue weighted by Crippen LogP contribution is -2.03. The average molecular weight is 218 g/mol. The third kappa shape index (κ3) is 4.15. The first kappa shape index (κ1) is 12.9. The van der Waals surface area contributed by atoms with Gasteiger partial charge in [-0.25, -0.2) is 0 Å². The Hall–Kier alpha value is -1.15. The molecular weight excluding hydrogens is 196 g/mol. The van der Waals surface area contributed by atoms with Crippen LogP contribution in [0.25, 0.3) is 0 Å². The van der Waals surface area contributed by atoms with Crippen LogP contribution in [-0.2, 0) is 6.42 Å². The van der Waals surface area contributed by atoms with Crippen molar-refractivity contribution in [1.29, 1.82) is 0 Å². The van der Waals surface area contributed by atoms with E-state index in [0.717, 1.165) is 18.7 Å². The molecule has 88 valence electrons. The fourth-order valence-electron chi connectivity index (χ4n) is 1.49. The smallest absolute Gasteiger partial charge is 0.0415 e. The number of benzene rings is 1. The van der Waals surface area contributed by atoms with Gasteiger partial charge in [0.25, 0.3) is 0 Å². The lowest BCUT2D eigenvalue weighted by atomic mass is 10.1. The lowest BCUT2D eigenvalue weighted by Gasteiger charge is -2.05. The van der Waals surface area contributed by atoms with Gasteiger partial charge in [-0.15, -0.1) is 0 Å². The van der Waals surface area contributed by atoms with Gasteiger partial charge in [0, 0.05) is 12.3 Å². The Morgan fingerprint density at radius 3 is 2.38 bits per heavy atom. The van der Waals surface area contributed by atoms with E-state index in [2.05, 4.69) is 50.0 Å². The molecule has 0 fully saturated rings. The molecule has 2 heteroatoms. The average Bonchev–Trinajstić information content (AvgIpc) is 2.27. The van der Waals surface area contributed by atoms with Crippen molar-refractivity contribution in [2.45, 2.75) is 27.2 Å². The van der Waals surface area contributed by atoms with Gasteiger partial charge < -0.3 is 5.73 Å². The quantitative estimate of drug-likeness (QED) is 0.758. The predicted molar refractivity (Wildman–Crippen MR) is 71.1 cm³/mol. The number of aliphatic imine (C=N–C) groups is 1. The Kier molecular flexibility index (Phi) is 5.20. The van der Waals surface area contributed by atoms with Crippen LogP contribution in [0, 0.1) is 5.92 Å². The molecule has 1 rings (SSSR count). The number of rotatable bonds is 5. The molecular formula is C14H22N2. The highest BCUT2D eigenvalue weighted by Crippen LogP contribution is 2.07.